The van der Waals surface area contributed by atoms with E-state index in [1.165, 1.54) is 0 Å². The standard InChI is InChI=1S/C16H17ClO2/c1-3-10-19-14-9-8-12-6-4-5-7-13(12)15(14)16(18)11(2)17/h4-9,11H,3,10H2,1-2H3. The van der Waals surface area contributed by atoms with Gasteiger partial charge in [-0.25, -0.2) is 0 Å². The van der Waals surface area contributed by atoms with Gasteiger partial charge in [0.15, 0.2) is 5.78 Å². The van der Waals surface area contributed by atoms with Gasteiger partial charge >= 0.3 is 0 Å². The first kappa shape index (κ1) is 13.9. The number of rotatable bonds is 5. The molecule has 0 aliphatic heterocycles. The molecular weight excluding hydrogens is 260 g/mol. The van der Waals surface area contributed by atoms with E-state index >= 15 is 0 Å². The molecule has 2 rings (SSSR count). The number of alkyl halides is 1. The zero-order chi connectivity index (χ0) is 13.8. The van der Waals surface area contributed by atoms with Crippen molar-refractivity contribution in [2.24, 2.45) is 0 Å². The Morgan fingerprint density at radius 3 is 2.68 bits per heavy atom. The van der Waals surface area contributed by atoms with Crippen LogP contribution in [0.5, 0.6) is 5.75 Å². The molecule has 1 unspecified atom stereocenters. The number of hydrogen-bond acceptors (Lipinski definition) is 2. The number of ketones is 1. The van der Waals surface area contributed by atoms with E-state index in [1.807, 2.05) is 43.3 Å². The lowest BCUT2D eigenvalue weighted by Gasteiger charge is -2.14. The molecule has 0 amide bonds. The van der Waals surface area contributed by atoms with E-state index in [-0.39, 0.29) is 5.78 Å². The molecule has 0 aliphatic rings. The number of benzene rings is 2. The van der Waals surface area contributed by atoms with E-state index in [0.717, 1.165) is 17.2 Å². The van der Waals surface area contributed by atoms with Crippen molar-refractivity contribution in [1.29, 1.82) is 0 Å². The first-order valence-corrected chi connectivity index (χ1v) is 6.91. The average Bonchev–Trinajstić information content (AvgIpc) is 2.43. The summed E-state index contributed by atoms with van der Waals surface area (Å²) in [5.74, 6) is 0.530. The van der Waals surface area contributed by atoms with Crippen LogP contribution < -0.4 is 4.74 Å². The fraction of sp³-hybridized carbons (Fsp3) is 0.312. The molecule has 100 valence electrons. The lowest BCUT2D eigenvalue weighted by atomic mass is 9.99. The molecular formula is C16H17ClO2. The van der Waals surface area contributed by atoms with Gasteiger partial charge in [0.1, 0.15) is 5.75 Å². The van der Waals surface area contributed by atoms with Crippen molar-refractivity contribution < 1.29 is 9.53 Å². The molecule has 1 atom stereocenters. The highest BCUT2D eigenvalue weighted by atomic mass is 35.5. The lowest BCUT2D eigenvalue weighted by molar-refractivity contribution is 0.0989. The highest BCUT2D eigenvalue weighted by Crippen LogP contribution is 2.30. The molecule has 0 aromatic heterocycles. The van der Waals surface area contributed by atoms with Crippen molar-refractivity contribution in [2.45, 2.75) is 25.6 Å². The molecule has 2 nitrogen and oxygen atoms in total. The maximum Gasteiger partial charge on any atom is 0.184 e. The maximum absolute atomic E-state index is 12.3. The third-order valence-electron chi connectivity index (χ3n) is 2.96. The largest absolute Gasteiger partial charge is 0.493 e. The smallest absolute Gasteiger partial charge is 0.184 e. The van der Waals surface area contributed by atoms with Crippen LogP contribution >= 0.6 is 11.6 Å². The molecule has 0 heterocycles. The third-order valence-corrected chi connectivity index (χ3v) is 3.16. The van der Waals surface area contributed by atoms with Crippen LogP contribution in [0.4, 0.5) is 0 Å². The van der Waals surface area contributed by atoms with E-state index in [4.69, 9.17) is 16.3 Å². The highest BCUT2D eigenvalue weighted by Gasteiger charge is 2.20. The SMILES string of the molecule is CCCOc1ccc2ccccc2c1C(=O)C(C)Cl. The maximum atomic E-state index is 12.3. The molecule has 0 spiro atoms. The van der Waals surface area contributed by atoms with Crippen molar-refractivity contribution in [3.63, 3.8) is 0 Å². The zero-order valence-electron chi connectivity index (χ0n) is 11.2. The quantitative estimate of drug-likeness (QED) is 0.596. The summed E-state index contributed by atoms with van der Waals surface area (Å²) < 4.78 is 5.69. The minimum absolute atomic E-state index is 0.0930. The number of carbonyl (C=O) groups excluding carboxylic acids is 1. The monoisotopic (exact) mass is 276 g/mol. The highest BCUT2D eigenvalue weighted by molar-refractivity contribution is 6.35. The molecule has 0 N–H and O–H groups in total. The molecule has 2 aromatic carbocycles. The molecule has 2 aromatic rings. The Hall–Kier alpha value is -1.54. The van der Waals surface area contributed by atoms with Gasteiger partial charge in [0.05, 0.1) is 17.5 Å². The fourth-order valence-corrected chi connectivity index (χ4v) is 2.15. The summed E-state index contributed by atoms with van der Waals surface area (Å²) in [6, 6.07) is 11.6. The molecule has 0 saturated heterocycles. The second-order valence-corrected chi connectivity index (χ2v) is 5.14. The van der Waals surface area contributed by atoms with E-state index in [1.54, 1.807) is 6.92 Å². The van der Waals surface area contributed by atoms with Crippen molar-refractivity contribution in [1.82, 2.24) is 0 Å². The first-order valence-electron chi connectivity index (χ1n) is 6.48. The normalized spacial score (nSPS) is 12.4. The van der Waals surface area contributed by atoms with Crippen molar-refractivity contribution in [3.05, 3.63) is 42.0 Å². The Labute approximate surface area is 118 Å². The van der Waals surface area contributed by atoms with E-state index in [2.05, 4.69) is 0 Å². The number of hydrogen-bond donors (Lipinski definition) is 0. The lowest BCUT2D eigenvalue weighted by Crippen LogP contribution is -2.13. The van der Waals surface area contributed by atoms with Crippen LogP contribution in [0.2, 0.25) is 0 Å². The Balaban J connectivity index is 2.61. The van der Waals surface area contributed by atoms with Gasteiger partial charge < -0.3 is 4.74 Å². The van der Waals surface area contributed by atoms with Crippen LogP contribution in [0.15, 0.2) is 36.4 Å². The number of fused-ring (bicyclic) bond motifs is 1. The minimum Gasteiger partial charge on any atom is -0.493 e. The minimum atomic E-state index is -0.560. The van der Waals surface area contributed by atoms with Gasteiger partial charge in [-0.1, -0.05) is 37.3 Å². The summed E-state index contributed by atoms with van der Waals surface area (Å²) in [5, 5.41) is 1.36. The summed E-state index contributed by atoms with van der Waals surface area (Å²) in [6.45, 7) is 4.32. The van der Waals surface area contributed by atoms with Crippen molar-refractivity contribution >= 4 is 28.2 Å². The summed E-state index contributed by atoms with van der Waals surface area (Å²) in [5.41, 5.74) is 0.592. The van der Waals surface area contributed by atoms with Gasteiger partial charge in [-0.05, 0) is 30.2 Å². The number of halogens is 1. The molecule has 0 bridgehead atoms. The van der Waals surface area contributed by atoms with Crippen LogP contribution in [0.1, 0.15) is 30.6 Å². The topological polar surface area (TPSA) is 26.3 Å². The molecule has 3 heteroatoms. The van der Waals surface area contributed by atoms with Crippen molar-refractivity contribution in [3.8, 4) is 5.75 Å². The van der Waals surface area contributed by atoms with Gasteiger partial charge in [-0.3, -0.25) is 4.79 Å². The Bertz CT molecular complexity index is 590. The Kier molecular flexibility index (Phi) is 4.43. The number of ether oxygens (including phenoxy) is 1. The first-order chi connectivity index (χ1) is 9.15. The van der Waals surface area contributed by atoms with E-state index < -0.39 is 5.38 Å². The second-order valence-electron chi connectivity index (χ2n) is 4.49. The van der Waals surface area contributed by atoms with Crippen LogP contribution in [-0.4, -0.2) is 17.8 Å². The number of carbonyl (C=O) groups is 1. The Morgan fingerprint density at radius 1 is 1.26 bits per heavy atom. The van der Waals surface area contributed by atoms with Crippen LogP contribution in [0, 0.1) is 0 Å². The predicted molar refractivity (Wildman–Crippen MR) is 79.4 cm³/mol. The summed E-state index contributed by atoms with van der Waals surface area (Å²) in [6.07, 6.45) is 0.900. The Morgan fingerprint density at radius 2 is 2.00 bits per heavy atom. The zero-order valence-corrected chi connectivity index (χ0v) is 11.9. The van der Waals surface area contributed by atoms with Crippen molar-refractivity contribution in [2.75, 3.05) is 6.61 Å². The summed E-state index contributed by atoms with van der Waals surface area (Å²) in [4.78, 5) is 12.3. The van der Waals surface area contributed by atoms with Crippen LogP contribution in [-0.2, 0) is 0 Å². The van der Waals surface area contributed by atoms with Gasteiger partial charge in [0.25, 0.3) is 0 Å². The summed E-state index contributed by atoms with van der Waals surface area (Å²) >= 11 is 5.96. The van der Waals surface area contributed by atoms with Gasteiger partial charge in [0.2, 0.25) is 0 Å². The van der Waals surface area contributed by atoms with Gasteiger partial charge in [0, 0.05) is 0 Å². The molecule has 0 fully saturated rings. The van der Waals surface area contributed by atoms with Gasteiger partial charge in [-0.2, -0.15) is 0 Å². The average molecular weight is 277 g/mol. The van der Waals surface area contributed by atoms with Gasteiger partial charge in [-0.15, -0.1) is 11.6 Å². The van der Waals surface area contributed by atoms with Crippen LogP contribution in [0.25, 0.3) is 10.8 Å². The second kappa shape index (κ2) is 6.07. The van der Waals surface area contributed by atoms with Crippen LogP contribution in [0.3, 0.4) is 0 Å². The predicted octanol–water partition coefficient (Wildman–Crippen LogP) is 4.44. The molecule has 0 saturated carbocycles. The molecule has 0 aliphatic carbocycles. The number of Topliss-reactive ketones (excluding diaryl/α,β-unsaturated/α-hetero) is 1. The molecule has 0 radical (unpaired) electrons. The fourth-order valence-electron chi connectivity index (χ4n) is 2.04. The summed E-state index contributed by atoms with van der Waals surface area (Å²) in [7, 11) is 0. The van der Waals surface area contributed by atoms with E-state index in [9.17, 15) is 4.79 Å². The van der Waals surface area contributed by atoms with E-state index in [0.29, 0.717) is 17.9 Å². The third kappa shape index (κ3) is 2.90. The molecule has 19 heavy (non-hydrogen) atoms.